The molecule has 0 bridgehead atoms. The van der Waals surface area contributed by atoms with Crippen molar-refractivity contribution in [1.82, 2.24) is 19.1 Å². The lowest BCUT2D eigenvalue weighted by Crippen LogP contribution is -2.44. The van der Waals surface area contributed by atoms with Gasteiger partial charge in [-0.3, -0.25) is 19.0 Å². The number of ether oxygens (including phenoxy) is 1. The van der Waals surface area contributed by atoms with Crippen LogP contribution >= 0.6 is 23.2 Å². The van der Waals surface area contributed by atoms with Crippen LogP contribution in [0.1, 0.15) is 24.2 Å². The Balaban J connectivity index is 1.58. The number of morpholine rings is 1. The number of pyridine rings is 1. The Morgan fingerprint density at radius 3 is 2.68 bits per heavy atom. The number of nitrogens with zero attached hydrogens (tertiary/aromatic N) is 6. The van der Waals surface area contributed by atoms with Crippen molar-refractivity contribution in [3.63, 3.8) is 0 Å². The van der Waals surface area contributed by atoms with Crippen LogP contribution in [-0.4, -0.2) is 75.4 Å². The molecule has 4 N–H and O–H groups in total. The predicted molar refractivity (Wildman–Crippen MR) is 170 cm³/mol. The Morgan fingerprint density at radius 2 is 2.00 bits per heavy atom. The highest BCUT2D eigenvalue weighted by molar-refractivity contribution is 6.34. The average molecular weight is 644 g/mol. The highest BCUT2D eigenvalue weighted by Crippen LogP contribution is 2.36. The van der Waals surface area contributed by atoms with E-state index < -0.39 is 17.6 Å². The summed E-state index contributed by atoms with van der Waals surface area (Å²) in [5.74, 6) is -0.756. The quantitative estimate of drug-likeness (QED) is 0.262. The van der Waals surface area contributed by atoms with E-state index in [4.69, 9.17) is 38.7 Å². The number of nitrogens with two attached hydrogens (primary N) is 1. The first-order chi connectivity index (χ1) is 20.9. The van der Waals surface area contributed by atoms with E-state index in [-0.39, 0.29) is 44.8 Å². The van der Waals surface area contributed by atoms with Crippen molar-refractivity contribution in [3.05, 3.63) is 56.6 Å². The molecule has 0 unspecified atom stereocenters. The number of benzene rings is 1. The Bertz CT molecular complexity index is 1840. The van der Waals surface area contributed by atoms with Crippen LogP contribution in [0.15, 0.2) is 35.4 Å². The fourth-order valence-electron chi connectivity index (χ4n) is 5.16. The monoisotopic (exact) mass is 642 g/mol. The number of hydrogen-bond acceptors (Lipinski definition) is 9. The van der Waals surface area contributed by atoms with Crippen LogP contribution in [-0.2, 0) is 23.1 Å². The van der Waals surface area contributed by atoms with Gasteiger partial charge < -0.3 is 35.3 Å². The van der Waals surface area contributed by atoms with Crippen LogP contribution in [0.3, 0.4) is 0 Å². The molecule has 4 heterocycles. The number of anilines is 3. The molecule has 13 nitrogen and oxygen atoms in total. The van der Waals surface area contributed by atoms with Gasteiger partial charge in [0.2, 0.25) is 11.9 Å². The van der Waals surface area contributed by atoms with E-state index in [0.717, 1.165) is 0 Å². The Morgan fingerprint density at radius 1 is 1.25 bits per heavy atom. The standard InChI is InChI=1S/C29H32Cl2N8O5/c1-5-36(3)29-35-27-24(28(43)37(29)4)18(16-8-17(26(32)42)25(41)19(30)9-16)12-38(27)13-23(40)34-21-10-22(33-11-20(21)31)39-6-7-44-14-15(39)2/h8-12,15,41H,5-7,13-14H2,1-4H3,(H2,32,42)(H,33,34,40)/t15-/m0/s1. The van der Waals surface area contributed by atoms with E-state index in [1.165, 1.54) is 22.9 Å². The fourth-order valence-corrected chi connectivity index (χ4v) is 5.53. The zero-order chi connectivity index (χ0) is 31.9. The molecule has 0 radical (unpaired) electrons. The van der Waals surface area contributed by atoms with Gasteiger partial charge in [-0.05, 0) is 31.5 Å². The first-order valence-corrected chi connectivity index (χ1v) is 14.6. The summed E-state index contributed by atoms with van der Waals surface area (Å²) in [5, 5.41) is 13.5. The van der Waals surface area contributed by atoms with Crippen LogP contribution < -0.4 is 26.4 Å². The molecule has 15 heteroatoms. The van der Waals surface area contributed by atoms with E-state index in [1.807, 2.05) is 13.8 Å². The molecular weight excluding hydrogens is 611 g/mol. The van der Waals surface area contributed by atoms with Crippen molar-refractivity contribution < 1.29 is 19.4 Å². The molecule has 1 fully saturated rings. The second kappa shape index (κ2) is 12.3. The Hall–Kier alpha value is -4.33. The van der Waals surface area contributed by atoms with E-state index in [0.29, 0.717) is 54.9 Å². The maximum absolute atomic E-state index is 13.8. The first kappa shape index (κ1) is 31.1. The second-order valence-corrected chi connectivity index (χ2v) is 11.4. The van der Waals surface area contributed by atoms with Crippen molar-refractivity contribution >= 4 is 63.5 Å². The molecule has 0 spiro atoms. The third-order valence-corrected chi connectivity index (χ3v) is 8.21. The van der Waals surface area contributed by atoms with Gasteiger partial charge in [0.15, 0.2) is 5.65 Å². The molecule has 5 rings (SSSR count). The highest BCUT2D eigenvalue weighted by Gasteiger charge is 2.24. The second-order valence-electron chi connectivity index (χ2n) is 10.6. The minimum Gasteiger partial charge on any atom is -0.506 e. The lowest BCUT2D eigenvalue weighted by atomic mass is 10.0. The number of aromatic nitrogens is 4. The number of fused-ring (bicyclic) bond motifs is 1. The van der Waals surface area contributed by atoms with Gasteiger partial charge in [0, 0.05) is 45.0 Å². The number of carbonyl (C=O) groups excluding carboxylic acids is 2. The molecule has 1 aliphatic rings. The molecule has 1 aromatic carbocycles. The van der Waals surface area contributed by atoms with Crippen molar-refractivity contribution in [2.24, 2.45) is 12.8 Å². The summed E-state index contributed by atoms with van der Waals surface area (Å²) in [6, 6.07) is 4.57. The number of aromatic hydroxyl groups is 1. The summed E-state index contributed by atoms with van der Waals surface area (Å²) in [6.45, 7) is 6.05. The summed E-state index contributed by atoms with van der Waals surface area (Å²) in [6.07, 6.45) is 3.07. The minimum atomic E-state index is -0.896. The summed E-state index contributed by atoms with van der Waals surface area (Å²) >= 11 is 12.6. The minimum absolute atomic E-state index is 0.0956. The maximum Gasteiger partial charge on any atom is 0.264 e. The van der Waals surface area contributed by atoms with Gasteiger partial charge >= 0.3 is 0 Å². The summed E-state index contributed by atoms with van der Waals surface area (Å²) < 4.78 is 8.47. The van der Waals surface area contributed by atoms with Crippen LogP contribution in [0.2, 0.25) is 10.0 Å². The van der Waals surface area contributed by atoms with E-state index in [9.17, 15) is 19.5 Å². The van der Waals surface area contributed by atoms with E-state index in [1.54, 1.807) is 35.8 Å². The Kier molecular flexibility index (Phi) is 8.73. The zero-order valence-electron chi connectivity index (χ0n) is 24.6. The fraction of sp³-hybridized carbons (Fsp3) is 0.345. The molecule has 4 aromatic rings. The van der Waals surface area contributed by atoms with Gasteiger partial charge in [0.05, 0.1) is 52.1 Å². The molecule has 1 atom stereocenters. The topological polar surface area (TPSA) is 161 Å². The molecule has 232 valence electrons. The van der Waals surface area contributed by atoms with Gasteiger partial charge in [-0.15, -0.1) is 0 Å². The number of halogens is 2. The highest BCUT2D eigenvalue weighted by atomic mass is 35.5. The van der Waals surface area contributed by atoms with E-state index in [2.05, 4.69) is 15.2 Å². The smallest absolute Gasteiger partial charge is 0.264 e. The number of amides is 2. The summed E-state index contributed by atoms with van der Waals surface area (Å²) in [7, 11) is 3.40. The molecule has 2 amide bonds. The largest absolute Gasteiger partial charge is 0.506 e. The maximum atomic E-state index is 13.8. The zero-order valence-corrected chi connectivity index (χ0v) is 26.1. The number of hydrogen-bond donors (Lipinski definition) is 3. The number of carbonyl (C=O) groups is 2. The SMILES string of the molecule is CCN(C)c1nc2c(c(-c3cc(Cl)c(O)c(C(N)=O)c3)cn2CC(=O)Nc2cc(N3CCOC[C@@H]3C)ncc2Cl)c(=O)n1C. The normalized spacial score (nSPS) is 15.0. The van der Waals surface area contributed by atoms with Crippen molar-refractivity contribution in [2.45, 2.75) is 26.4 Å². The third kappa shape index (κ3) is 5.77. The molecule has 0 saturated carbocycles. The summed E-state index contributed by atoms with van der Waals surface area (Å²) in [5.41, 5.74) is 6.17. The number of phenols is 1. The Labute approximate surface area is 262 Å². The van der Waals surface area contributed by atoms with Crippen LogP contribution in [0.25, 0.3) is 22.2 Å². The van der Waals surface area contributed by atoms with Crippen LogP contribution in [0, 0.1) is 0 Å². The summed E-state index contributed by atoms with van der Waals surface area (Å²) in [4.78, 5) is 52.3. The van der Waals surface area contributed by atoms with Crippen molar-refractivity contribution in [1.29, 1.82) is 0 Å². The molecule has 1 aliphatic heterocycles. The van der Waals surface area contributed by atoms with Gasteiger partial charge in [0.1, 0.15) is 18.1 Å². The lowest BCUT2D eigenvalue weighted by Gasteiger charge is -2.34. The number of primary amides is 1. The van der Waals surface area contributed by atoms with Gasteiger partial charge in [0.25, 0.3) is 11.5 Å². The molecular formula is C29H32Cl2N8O5. The molecule has 0 aliphatic carbocycles. The predicted octanol–water partition coefficient (Wildman–Crippen LogP) is 3.23. The third-order valence-electron chi connectivity index (χ3n) is 7.62. The van der Waals surface area contributed by atoms with Gasteiger partial charge in [-0.25, -0.2) is 4.98 Å². The molecule has 1 saturated heterocycles. The first-order valence-electron chi connectivity index (χ1n) is 13.8. The molecule has 3 aromatic heterocycles. The molecule has 44 heavy (non-hydrogen) atoms. The van der Waals surface area contributed by atoms with Gasteiger partial charge in [-0.1, -0.05) is 23.2 Å². The van der Waals surface area contributed by atoms with E-state index >= 15 is 0 Å². The van der Waals surface area contributed by atoms with Crippen LogP contribution in [0.5, 0.6) is 5.75 Å². The van der Waals surface area contributed by atoms with Crippen molar-refractivity contribution in [3.8, 4) is 16.9 Å². The number of nitrogens with one attached hydrogen (secondary N) is 1. The number of rotatable bonds is 8. The average Bonchev–Trinajstić information content (AvgIpc) is 3.35. The van der Waals surface area contributed by atoms with Crippen LogP contribution in [0.4, 0.5) is 17.5 Å². The lowest BCUT2D eigenvalue weighted by molar-refractivity contribution is -0.116. The van der Waals surface area contributed by atoms with Crippen molar-refractivity contribution in [2.75, 3.05) is 48.5 Å². The van der Waals surface area contributed by atoms with Gasteiger partial charge in [-0.2, -0.15) is 4.98 Å².